The molecule has 0 aliphatic heterocycles. The van der Waals surface area contributed by atoms with Gasteiger partial charge in [-0.1, -0.05) is 29.8 Å². The number of ether oxygens (including phenoxy) is 1. The van der Waals surface area contributed by atoms with Crippen LogP contribution < -0.4 is 10.1 Å². The van der Waals surface area contributed by atoms with Crippen molar-refractivity contribution in [3.8, 4) is 5.75 Å². The summed E-state index contributed by atoms with van der Waals surface area (Å²) in [5.74, 6) is 0.265. The van der Waals surface area contributed by atoms with Crippen LogP contribution in [0.2, 0.25) is 5.02 Å². The maximum atomic E-state index is 11.0. The summed E-state index contributed by atoms with van der Waals surface area (Å²) in [4.78, 5) is 10.5. The van der Waals surface area contributed by atoms with Crippen LogP contribution in [0.1, 0.15) is 11.1 Å². The molecule has 110 valence electrons. The standard InChI is InChI=1S/C15H15ClN2O3/c1-21-15-7-4-12(8-14(15)18(19)20)10-17-9-11-2-5-13(16)6-3-11/h2-8,17H,9-10H2,1H3. The first-order valence-corrected chi connectivity index (χ1v) is 6.74. The van der Waals surface area contributed by atoms with Crippen molar-refractivity contribution in [2.45, 2.75) is 13.1 Å². The van der Waals surface area contributed by atoms with E-state index in [1.165, 1.54) is 13.2 Å². The molecule has 0 amide bonds. The van der Waals surface area contributed by atoms with Gasteiger partial charge in [0.2, 0.25) is 0 Å². The minimum absolute atomic E-state index is 0.0247. The van der Waals surface area contributed by atoms with Gasteiger partial charge in [0.25, 0.3) is 0 Å². The summed E-state index contributed by atoms with van der Waals surface area (Å²) in [6.07, 6.45) is 0. The van der Waals surface area contributed by atoms with E-state index in [1.54, 1.807) is 12.1 Å². The molecule has 2 rings (SSSR count). The van der Waals surface area contributed by atoms with E-state index in [9.17, 15) is 10.1 Å². The zero-order valence-electron chi connectivity index (χ0n) is 11.5. The zero-order chi connectivity index (χ0) is 15.2. The Kier molecular flexibility index (Phi) is 5.14. The van der Waals surface area contributed by atoms with Gasteiger partial charge in [-0.2, -0.15) is 0 Å². The number of benzene rings is 2. The molecule has 1 N–H and O–H groups in total. The number of nitrogens with one attached hydrogen (secondary N) is 1. The zero-order valence-corrected chi connectivity index (χ0v) is 12.3. The summed E-state index contributed by atoms with van der Waals surface area (Å²) < 4.78 is 4.97. The van der Waals surface area contributed by atoms with Crippen LogP contribution in [0.15, 0.2) is 42.5 Å². The van der Waals surface area contributed by atoms with Crippen molar-refractivity contribution in [3.05, 3.63) is 68.7 Å². The molecule has 0 aromatic heterocycles. The molecular weight excluding hydrogens is 292 g/mol. The average Bonchev–Trinajstić information content (AvgIpc) is 2.49. The fraction of sp³-hybridized carbons (Fsp3) is 0.200. The number of methoxy groups -OCH3 is 1. The molecule has 21 heavy (non-hydrogen) atoms. The molecule has 0 heterocycles. The number of halogens is 1. The highest BCUT2D eigenvalue weighted by Gasteiger charge is 2.14. The Morgan fingerprint density at radius 3 is 2.38 bits per heavy atom. The quantitative estimate of drug-likeness (QED) is 0.655. The Bertz CT molecular complexity index is 629. The van der Waals surface area contributed by atoms with Gasteiger partial charge >= 0.3 is 5.69 Å². The third kappa shape index (κ3) is 4.18. The van der Waals surface area contributed by atoms with E-state index in [2.05, 4.69) is 5.32 Å². The molecule has 0 bridgehead atoms. The predicted octanol–water partition coefficient (Wildman–Crippen LogP) is 3.55. The van der Waals surface area contributed by atoms with Gasteiger partial charge < -0.3 is 10.1 Å². The lowest BCUT2D eigenvalue weighted by molar-refractivity contribution is -0.385. The minimum Gasteiger partial charge on any atom is -0.490 e. The van der Waals surface area contributed by atoms with Gasteiger partial charge in [0.05, 0.1) is 12.0 Å². The lowest BCUT2D eigenvalue weighted by Crippen LogP contribution is -2.12. The molecule has 6 heteroatoms. The summed E-state index contributed by atoms with van der Waals surface area (Å²) in [6, 6.07) is 12.5. The molecule has 0 saturated carbocycles. The molecule has 0 aliphatic carbocycles. The fourth-order valence-corrected chi connectivity index (χ4v) is 2.07. The van der Waals surface area contributed by atoms with Crippen molar-refractivity contribution < 1.29 is 9.66 Å². The molecule has 0 unspecified atom stereocenters. The van der Waals surface area contributed by atoms with Crippen LogP contribution in [0, 0.1) is 10.1 Å². The predicted molar refractivity (Wildman–Crippen MR) is 81.6 cm³/mol. The van der Waals surface area contributed by atoms with Crippen LogP contribution in [0.25, 0.3) is 0 Å². The van der Waals surface area contributed by atoms with Crippen LogP contribution >= 0.6 is 11.6 Å². The third-order valence-corrected chi connectivity index (χ3v) is 3.26. The largest absolute Gasteiger partial charge is 0.490 e. The van der Waals surface area contributed by atoms with E-state index in [0.717, 1.165) is 11.1 Å². The van der Waals surface area contributed by atoms with Gasteiger partial charge in [-0.05, 0) is 29.3 Å². The molecule has 2 aromatic carbocycles. The van der Waals surface area contributed by atoms with Crippen LogP contribution in [0.3, 0.4) is 0 Å². The molecular formula is C15H15ClN2O3. The van der Waals surface area contributed by atoms with E-state index in [1.807, 2.05) is 24.3 Å². The van der Waals surface area contributed by atoms with Gasteiger partial charge in [0.15, 0.2) is 5.75 Å². The number of rotatable bonds is 6. The van der Waals surface area contributed by atoms with E-state index in [4.69, 9.17) is 16.3 Å². The van der Waals surface area contributed by atoms with Crippen molar-refractivity contribution in [1.82, 2.24) is 5.32 Å². The van der Waals surface area contributed by atoms with Crippen molar-refractivity contribution in [3.63, 3.8) is 0 Å². The van der Waals surface area contributed by atoms with Crippen LogP contribution in [-0.2, 0) is 13.1 Å². The number of nitro benzene ring substituents is 1. The Morgan fingerprint density at radius 2 is 1.76 bits per heavy atom. The molecule has 0 fully saturated rings. The minimum atomic E-state index is -0.443. The second-order valence-electron chi connectivity index (χ2n) is 4.49. The van der Waals surface area contributed by atoms with Crippen LogP contribution in [0.4, 0.5) is 5.69 Å². The molecule has 0 radical (unpaired) electrons. The summed E-state index contributed by atoms with van der Waals surface area (Å²) in [6.45, 7) is 1.20. The monoisotopic (exact) mass is 306 g/mol. The maximum Gasteiger partial charge on any atom is 0.311 e. The Balaban J connectivity index is 1.98. The van der Waals surface area contributed by atoms with Gasteiger partial charge in [-0.15, -0.1) is 0 Å². The van der Waals surface area contributed by atoms with Gasteiger partial charge in [0, 0.05) is 24.2 Å². The fourth-order valence-electron chi connectivity index (χ4n) is 1.94. The smallest absolute Gasteiger partial charge is 0.311 e. The first kappa shape index (κ1) is 15.3. The third-order valence-electron chi connectivity index (χ3n) is 3.01. The molecule has 0 aliphatic rings. The van der Waals surface area contributed by atoms with Gasteiger partial charge in [-0.3, -0.25) is 10.1 Å². The van der Waals surface area contributed by atoms with Crippen molar-refractivity contribution in [2.75, 3.05) is 7.11 Å². The first-order valence-electron chi connectivity index (χ1n) is 6.36. The highest BCUT2D eigenvalue weighted by molar-refractivity contribution is 6.30. The Hall–Kier alpha value is -2.11. The SMILES string of the molecule is COc1ccc(CNCc2ccc(Cl)cc2)cc1[N+](=O)[O-]. The summed E-state index contributed by atoms with van der Waals surface area (Å²) in [7, 11) is 1.42. The van der Waals surface area contributed by atoms with E-state index in [-0.39, 0.29) is 11.4 Å². The van der Waals surface area contributed by atoms with Crippen molar-refractivity contribution >= 4 is 17.3 Å². The van der Waals surface area contributed by atoms with Crippen molar-refractivity contribution in [2.24, 2.45) is 0 Å². The van der Waals surface area contributed by atoms with E-state index < -0.39 is 4.92 Å². The second kappa shape index (κ2) is 7.06. The maximum absolute atomic E-state index is 11.0. The number of nitro groups is 1. The molecule has 0 saturated heterocycles. The highest BCUT2D eigenvalue weighted by Crippen LogP contribution is 2.27. The summed E-state index contributed by atoms with van der Waals surface area (Å²) in [5, 5.41) is 14.9. The number of hydrogen-bond donors (Lipinski definition) is 1. The molecule has 0 spiro atoms. The average molecular weight is 307 g/mol. The summed E-state index contributed by atoms with van der Waals surface area (Å²) >= 11 is 5.82. The van der Waals surface area contributed by atoms with E-state index >= 15 is 0 Å². The van der Waals surface area contributed by atoms with Crippen molar-refractivity contribution in [1.29, 1.82) is 0 Å². The Labute approximate surface area is 127 Å². The van der Waals surface area contributed by atoms with Crippen LogP contribution in [0.5, 0.6) is 5.75 Å². The normalized spacial score (nSPS) is 10.4. The highest BCUT2D eigenvalue weighted by atomic mass is 35.5. The lowest BCUT2D eigenvalue weighted by Gasteiger charge is -2.07. The number of nitrogens with zero attached hydrogens (tertiary/aromatic N) is 1. The Morgan fingerprint density at radius 1 is 1.14 bits per heavy atom. The molecule has 5 nitrogen and oxygen atoms in total. The number of hydrogen-bond acceptors (Lipinski definition) is 4. The van der Waals surface area contributed by atoms with Gasteiger partial charge in [0.1, 0.15) is 0 Å². The van der Waals surface area contributed by atoms with Crippen LogP contribution in [-0.4, -0.2) is 12.0 Å². The molecule has 0 atom stereocenters. The van der Waals surface area contributed by atoms with Gasteiger partial charge in [-0.25, -0.2) is 0 Å². The topological polar surface area (TPSA) is 64.4 Å². The molecule has 2 aromatic rings. The lowest BCUT2D eigenvalue weighted by atomic mass is 10.1. The first-order chi connectivity index (χ1) is 10.1. The second-order valence-corrected chi connectivity index (χ2v) is 4.93. The summed E-state index contributed by atoms with van der Waals surface area (Å²) in [5.41, 5.74) is 1.90. The van der Waals surface area contributed by atoms with E-state index in [0.29, 0.717) is 18.1 Å².